The van der Waals surface area contributed by atoms with Crippen LogP contribution in [0, 0.1) is 5.92 Å². The van der Waals surface area contributed by atoms with E-state index in [1.54, 1.807) is 14.2 Å². The first-order chi connectivity index (χ1) is 42.5. The predicted molar refractivity (Wildman–Crippen MR) is 367 cm³/mol. The molecule has 0 amide bonds. The molecule has 0 N–H and O–H groups in total. The molecule has 2 unspecified atom stereocenters. The summed E-state index contributed by atoms with van der Waals surface area (Å²) in [6.07, 6.45) is 8.97. The molecule has 87 heavy (non-hydrogen) atoms. The van der Waals surface area contributed by atoms with Gasteiger partial charge in [-0.1, -0.05) is 259 Å². The van der Waals surface area contributed by atoms with E-state index in [-0.39, 0.29) is 10.8 Å². The van der Waals surface area contributed by atoms with Gasteiger partial charge in [0.05, 0.1) is 14.2 Å². The molecule has 13 aromatic rings. The third-order valence-electron chi connectivity index (χ3n) is 20.0. The summed E-state index contributed by atoms with van der Waals surface area (Å²) in [4.78, 5) is 0. The van der Waals surface area contributed by atoms with Gasteiger partial charge in [0.1, 0.15) is 11.5 Å². The van der Waals surface area contributed by atoms with Crippen LogP contribution in [-0.4, -0.2) is 14.2 Å². The van der Waals surface area contributed by atoms with Crippen LogP contribution in [0.2, 0.25) is 0 Å². The van der Waals surface area contributed by atoms with Gasteiger partial charge >= 0.3 is 0 Å². The zero-order valence-electron chi connectivity index (χ0n) is 50.3. The van der Waals surface area contributed by atoms with E-state index in [9.17, 15) is 0 Å². The molecular weight excluding hydrogens is 1050 g/mol. The summed E-state index contributed by atoms with van der Waals surface area (Å²) in [5.41, 5.74) is 26.0. The molecule has 3 aliphatic rings. The van der Waals surface area contributed by atoms with Crippen molar-refractivity contribution >= 4 is 43.1 Å². The van der Waals surface area contributed by atoms with Gasteiger partial charge < -0.3 is 9.47 Å². The SMILES string of the molecule is COc1cccc2c(-c3ccc4c(c3)C(C)(C)c3cc(-c5ccc6c(c5)C(C)(C)c5cc(-c7c8ccccc8c(-c8ccc(C9C=CC=CC9C)cc8)c8c(OC)cccc78)ccc5-6)ccc3-4)c3ccccc3c(-c3ccc(-c4ccccc4)cc3)c12. The fourth-order valence-corrected chi connectivity index (χ4v) is 15.6. The molecule has 418 valence electrons. The summed E-state index contributed by atoms with van der Waals surface area (Å²) < 4.78 is 12.5. The number of methoxy groups -OCH3 is 2. The lowest BCUT2D eigenvalue weighted by Crippen LogP contribution is -2.15. The maximum absolute atomic E-state index is 6.27. The molecule has 0 aromatic heterocycles. The highest BCUT2D eigenvalue weighted by Crippen LogP contribution is 2.56. The van der Waals surface area contributed by atoms with Crippen molar-refractivity contribution in [1.29, 1.82) is 0 Å². The summed E-state index contributed by atoms with van der Waals surface area (Å²) in [5.74, 6) is 2.56. The van der Waals surface area contributed by atoms with E-state index in [4.69, 9.17) is 9.47 Å². The van der Waals surface area contributed by atoms with Gasteiger partial charge in [-0.3, -0.25) is 0 Å². The Labute approximate surface area is 510 Å². The van der Waals surface area contributed by atoms with E-state index in [1.807, 2.05) is 0 Å². The number of ether oxygens (including phenoxy) is 2. The molecule has 0 spiro atoms. The normalized spacial score (nSPS) is 15.9. The molecule has 2 heteroatoms. The molecule has 2 nitrogen and oxygen atoms in total. The van der Waals surface area contributed by atoms with Crippen molar-refractivity contribution in [3.63, 3.8) is 0 Å². The highest BCUT2D eigenvalue weighted by molar-refractivity contribution is 6.24. The van der Waals surface area contributed by atoms with Gasteiger partial charge in [-0.05, 0) is 180 Å². The Bertz CT molecular complexity index is 5050. The quantitative estimate of drug-likeness (QED) is 0.134. The van der Waals surface area contributed by atoms with Crippen LogP contribution in [0.15, 0.2) is 261 Å². The van der Waals surface area contributed by atoms with Gasteiger partial charge in [0, 0.05) is 38.6 Å². The summed E-state index contributed by atoms with van der Waals surface area (Å²) in [5, 5.41) is 9.51. The van der Waals surface area contributed by atoms with Crippen LogP contribution < -0.4 is 9.47 Å². The second-order valence-electron chi connectivity index (χ2n) is 25.4. The lowest BCUT2D eigenvalue weighted by atomic mass is 9.79. The summed E-state index contributed by atoms with van der Waals surface area (Å²) in [6, 6.07) is 88.8. The molecule has 0 saturated heterocycles. The van der Waals surface area contributed by atoms with Crippen LogP contribution in [-0.2, 0) is 10.8 Å². The van der Waals surface area contributed by atoms with Crippen molar-refractivity contribution in [2.45, 2.75) is 51.4 Å². The smallest absolute Gasteiger partial charge is 0.127 e. The van der Waals surface area contributed by atoms with Crippen molar-refractivity contribution in [1.82, 2.24) is 0 Å². The van der Waals surface area contributed by atoms with E-state index in [2.05, 4.69) is 296 Å². The molecular formula is C85H66O2. The first-order valence-electron chi connectivity index (χ1n) is 30.7. The average Bonchev–Trinajstić information content (AvgIpc) is 1.77. The van der Waals surface area contributed by atoms with Gasteiger partial charge in [0.15, 0.2) is 0 Å². The molecule has 3 aliphatic carbocycles. The van der Waals surface area contributed by atoms with E-state index in [0.29, 0.717) is 11.8 Å². The summed E-state index contributed by atoms with van der Waals surface area (Å²) in [6.45, 7) is 12.0. The molecule has 2 atom stereocenters. The molecule has 0 radical (unpaired) electrons. The third-order valence-corrected chi connectivity index (χ3v) is 20.0. The monoisotopic (exact) mass is 1120 g/mol. The lowest BCUT2D eigenvalue weighted by molar-refractivity contribution is 0.420. The highest BCUT2D eigenvalue weighted by Gasteiger charge is 2.39. The van der Waals surface area contributed by atoms with Crippen molar-refractivity contribution in [3.05, 3.63) is 289 Å². The van der Waals surface area contributed by atoms with Gasteiger partial charge in [-0.2, -0.15) is 0 Å². The van der Waals surface area contributed by atoms with Crippen LogP contribution in [0.4, 0.5) is 0 Å². The Kier molecular flexibility index (Phi) is 12.1. The van der Waals surface area contributed by atoms with E-state index in [0.717, 1.165) is 22.3 Å². The van der Waals surface area contributed by atoms with Crippen LogP contribution in [0.5, 0.6) is 11.5 Å². The zero-order chi connectivity index (χ0) is 58.9. The second kappa shape index (κ2) is 20.0. The number of hydrogen-bond acceptors (Lipinski definition) is 2. The van der Waals surface area contributed by atoms with E-state index in [1.165, 1.54) is 149 Å². The van der Waals surface area contributed by atoms with E-state index >= 15 is 0 Å². The Morgan fingerprint density at radius 3 is 1.08 bits per heavy atom. The maximum Gasteiger partial charge on any atom is 0.127 e. The highest BCUT2D eigenvalue weighted by atomic mass is 16.5. The Hall–Kier alpha value is -10.0. The number of rotatable bonds is 9. The molecule has 0 fully saturated rings. The van der Waals surface area contributed by atoms with Gasteiger partial charge in [-0.15, -0.1) is 0 Å². The van der Waals surface area contributed by atoms with Gasteiger partial charge in [0.25, 0.3) is 0 Å². The molecule has 0 saturated carbocycles. The first-order valence-corrected chi connectivity index (χ1v) is 30.7. The molecule has 0 heterocycles. The average molecular weight is 1120 g/mol. The van der Waals surface area contributed by atoms with Gasteiger partial charge in [0.2, 0.25) is 0 Å². The minimum Gasteiger partial charge on any atom is -0.496 e. The topological polar surface area (TPSA) is 18.5 Å². The number of benzene rings is 13. The van der Waals surface area contributed by atoms with Crippen LogP contribution in [0.1, 0.15) is 68.4 Å². The third kappa shape index (κ3) is 8.07. The molecule has 0 aliphatic heterocycles. The fourth-order valence-electron chi connectivity index (χ4n) is 15.6. The zero-order valence-corrected chi connectivity index (χ0v) is 50.3. The summed E-state index contributed by atoms with van der Waals surface area (Å²) >= 11 is 0. The van der Waals surface area contributed by atoms with Crippen molar-refractivity contribution < 1.29 is 9.47 Å². The Morgan fingerprint density at radius 2 is 0.644 bits per heavy atom. The van der Waals surface area contributed by atoms with Crippen LogP contribution in [0.3, 0.4) is 0 Å². The van der Waals surface area contributed by atoms with Gasteiger partial charge in [-0.25, -0.2) is 0 Å². The number of hydrogen-bond donors (Lipinski definition) is 0. The fraction of sp³-hybridized carbons (Fsp3) is 0.129. The maximum atomic E-state index is 6.27. The number of allylic oxidation sites excluding steroid dienone is 4. The minimum atomic E-state index is -0.257. The molecule has 13 aromatic carbocycles. The Balaban J connectivity index is 0.750. The lowest BCUT2D eigenvalue weighted by Gasteiger charge is -2.24. The van der Waals surface area contributed by atoms with Crippen LogP contribution >= 0.6 is 0 Å². The predicted octanol–water partition coefficient (Wildman–Crippen LogP) is 22.8. The standard InChI is InChI=1S/C85H66O2/c1-51-19-11-12-22-61(51)54-33-37-56(38-34-54)81-69-26-16-14-24-67(69)79(71-28-18-30-77(87-7)83(71)81)60-42-46-65-63-44-40-58(48-73(63)85(4,5)75(65)50-60)57-39-43-62-64-45-41-59(49-74(64)84(2,3)72(62)47-57)78-66-23-13-15-25-68(66)80(82-70(78)27-17-29-76(82)86-6)55-35-31-53(32-36-55)52-20-9-8-10-21-52/h8-51,61H,1-7H3. The van der Waals surface area contributed by atoms with Crippen LogP contribution in [0.25, 0.3) is 132 Å². The minimum absolute atomic E-state index is 0.255. The second-order valence-corrected chi connectivity index (χ2v) is 25.4. The molecule has 16 rings (SSSR count). The molecule has 0 bridgehead atoms. The van der Waals surface area contributed by atoms with Crippen molar-refractivity contribution in [2.24, 2.45) is 5.92 Å². The van der Waals surface area contributed by atoms with Crippen molar-refractivity contribution in [2.75, 3.05) is 14.2 Å². The van der Waals surface area contributed by atoms with E-state index < -0.39 is 0 Å². The Morgan fingerprint density at radius 1 is 0.299 bits per heavy atom. The first kappa shape index (κ1) is 52.5. The number of fused-ring (bicyclic) bond motifs is 10. The summed E-state index contributed by atoms with van der Waals surface area (Å²) in [7, 11) is 3.60. The van der Waals surface area contributed by atoms with Crippen molar-refractivity contribution in [3.8, 4) is 101 Å². The largest absolute Gasteiger partial charge is 0.496 e.